The van der Waals surface area contributed by atoms with E-state index in [0.717, 1.165) is 24.3 Å². The van der Waals surface area contributed by atoms with Crippen LogP contribution in [0.25, 0.3) is 0 Å². The van der Waals surface area contributed by atoms with Crippen LogP contribution in [0.1, 0.15) is 37.2 Å². The van der Waals surface area contributed by atoms with Crippen LogP contribution in [0.5, 0.6) is 0 Å². The molecule has 0 aliphatic heterocycles. The third kappa shape index (κ3) is 2.99. The first-order valence-electron chi connectivity index (χ1n) is 5.65. The van der Waals surface area contributed by atoms with Crippen LogP contribution in [-0.4, -0.2) is 11.1 Å². The Morgan fingerprint density at radius 1 is 1.50 bits per heavy atom. The Hall–Kier alpha value is -1.02. The molecule has 0 bridgehead atoms. The molecule has 0 saturated heterocycles. The number of benzene rings is 1. The molecular formula is C13H15ClO2. The molecule has 0 radical (unpaired) electrons. The van der Waals surface area contributed by atoms with Gasteiger partial charge in [-0.2, -0.15) is 0 Å². The van der Waals surface area contributed by atoms with Crippen LogP contribution >= 0.6 is 11.6 Å². The normalized spacial score (nSPS) is 17.1. The predicted molar refractivity (Wildman–Crippen MR) is 63.8 cm³/mol. The van der Waals surface area contributed by atoms with Crippen molar-refractivity contribution in [1.29, 1.82) is 0 Å². The topological polar surface area (TPSA) is 37.3 Å². The highest BCUT2D eigenvalue weighted by Crippen LogP contribution is 2.36. The monoisotopic (exact) mass is 238 g/mol. The van der Waals surface area contributed by atoms with Crippen LogP contribution in [0.2, 0.25) is 5.02 Å². The van der Waals surface area contributed by atoms with Gasteiger partial charge in [0.15, 0.2) is 0 Å². The van der Waals surface area contributed by atoms with Crippen molar-refractivity contribution in [1.82, 2.24) is 0 Å². The number of rotatable bonds is 5. The molecule has 1 saturated carbocycles. The van der Waals surface area contributed by atoms with Gasteiger partial charge in [-0.15, -0.1) is 0 Å². The van der Waals surface area contributed by atoms with Gasteiger partial charge in [-0.1, -0.05) is 36.6 Å². The Morgan fingerprint density at radius 3 is 2.81 bits per heavy atom. The second kappa shape index (κ2) is 4.88. The lowest BCUT2D eigenvalue weighted by Crippen LogP contribution is -2.11. The van der Waals surface area contributed by atoms with E-state index in [4.69, 9.17) is 11.6 Å². The highest BCUT2D eigenvalue weighted by molar-refractivity contribution is 6.30. The lowest BCUT2D eigenvalue weighted by atomic mass is 9.93. The van der Waals surface area contributed by atoms with Gasteiger partial charge in [-0.25, -0.2) is 0 Å². The average Bonchev–Trinajstić information content (AvgIpc) is 3.01. The van der Waals surface area contributed by atoms with E-state index in [2.05, 4.69) is 0 Å². The number of halogens is 1. The van der Waals surface area contributed by atoms with E-state index in [9.17, 15) is 9.90 Å². The van der Waals surface area contributed by atoms with Crippen molar-refractivity contribution in [2.45, 2.75) is 31.6 Å². The third-order valence-electron chi connectivity index (χ3n) is 3.11. The largest absolute Gasteiger partial charge is 0.481 e. The summed E-state index contributed by atoms with van der Waals surface area (Å²) in [4.78, 5) is 11.2. The fourth-order valence-electron chi connectivity index (χ4n) is 1.96. The summed E-state index contributed by atoms with van der Waals surface area (Å²) >= 11 is 5.88. The van der Waals surface area contributed by atoms with Gasteiger partial charge in [0, 0.05) is 5.02 Å². The molecule has 86 valence electrons. The molecule has 1 N–H and O–H groups in total. The fraction of sp³-hybridized carbons (Fsp3) is 0.462. The van der Waals surface area contributed by atoms with Crippen LogP contribution < -0.4 is 0 Å². The molecule has 1 unspecified atom stereocenters. The van der Waals surface area contributed by atoms with E-state index < -0.39 is 11.9 Å². The van der Waals surface area contributed by atoms with E-state index in [1.165, 1.54) is 12.8 Å². The summed E-state index contributed by atoms with van der Waals surface area (Å²) in [7, 11) is 0. The summed E-state index contributed by atoms with van der Waals surface area (Å²) in [6, 6.07) is 7.18. The van der Waals surface area contributed by atoms with Crippen LogP contribution in [-0.2, 0) is 4.79 Å². The summed E-state index contributed by atoms with van der Waals surface area (Å²) in [6.07, 6.45) is 4.27. The van der Waals surface area contributed by atoms with E-state index in [0.29, 0.717) is 5.02 Å². The summed E-state index contributed by atoms with van der Waals surface area (Å²) in [5, 5.41) is 9.81. The van der Waals surface area contributed by atoms with Gasteiger partial charge in [0.05, 0.1) is 5.92 Å². The molecule has 0 aromatic heterocycles. The molecule has 0 amide bonds. The number of aliphatic carboxylic acids is 1. The smallest absolute Gasteiger partial charge is 0.310 e. The van der Waals surface area contributed by atoms with Crippen molar-refractivity contribution in [2.24, 2.45) is 5.92 Å². The second-order valence-corrected chi connectivity index (χ2v) is 4.90. The standard InChI is InChI=1S/C13H15ClO2/c14-11-3-1-2-10(8-11)12(13(15)16)7-6-9-4-5-9/h1-3,8-9,12H,4-7H2,(H,15,16). The zero-order chi connectivity index (χ0) is 11.5. The van der Waals surface area contributed by atoms with E-state index in [1.54, 1.807) is 12.1 Å². The van der Waals surface area contributed by atoms with Crippen LogP contribution in [0, 0.1) is 5.92 Å². The maximum Gasteiger partial charge on any atom is 0.310 e. The van der Waals surface area contributed by atoms with Gasteiger partial charge < -0.3 is 5.11 Å². The number of carboxylic acids is 1. The molecule has 1 atom stereocenters. The maximum absolute atomic E-state index is 11.2. The van der Waals surface area contributed by atoms with Gasteiger partial charge >= 0.3 is 5.97 Å². The van der Waals surface area contributed by atoms with Crippen molar-refractivity contribution in [3.8, 4) is 0 Å². The number of carbonyl (C=O) groups is 1. The summed E-state index contributed by atoms with van der Waals surface area (Å²) in [5.74, 6) is -0.386. The minimum atomic E-state index is -0.747. The second-order valence-electron chi connectivity index (χ2n) is 4.47. The molecule has 1 aliphatic carbocycles. The van der Waals surface area contributed by atoms with Gasteiger partial charge in [0.2, 0.25) is 0 Å². The number of carboxylic acid groups (broad SMARTS) is 1. The van der Waals surface area contributed by atoms with Crippen LogP contribution in [0.15, 0.2) is 24.3 Å². The zero-order valence-electron chi connectivity index (χ0n) is 9.03. The van der Waals surface area contributed by atoms with E-state index >= 15 is 0 Å². The van der Waals surface area contributed by atoms with Crippen molar-refractivity contribution < 1.29 is 9.90 Å². The predicted octanol–water partition coefficient (Wildman–Crippen LogP) is 3.70. The lowest BCUT2D eigenvalue weighted by Gasteiger charge is -2.12. The van der Waals surface area contributed by atoms with Gasteiger partial charge in [-0.05, 0) is 36.5 Å². The quantitative estimate of drug-likeness (QED) is 0.849. The molecule has 1 aromatic rings. The summed E-state index contributed by atoms with van der Waals surface area (Å²) in [5.41, 5.74) is 0.820. The molecular weight excluding hydrogens is 224 g/mol. The third-order valence-corrected chi connectivity index (χ3v) is 3.34. The fourth-order valence-corrected chi connectivity index (χ4v) is 2.16. The molecule has 0 spiro atoms. The van der Waals surface area contributed by atoms with Gasteiger partial charge in [0.1, 0.15) is 0 Å². The number of hydrogen-bond acceptors (Lipinski definition) is 1. The Kier molecular flexibility index (Phi) is 3.49. The first-order chi connectivity index (χ1) is 7.66. The van der Waals surface area contributed by atoms with E-state index in [1.807, 2.05) is 12.1 Å². The van der Waals surface area contributed by atoms with Crippen molar-refractivity contribution in [3.63, 3.8) is 0 Å². The molecule has 2 nitrogen and oxygen atoms in total. The Balaban J connectivity index is 2.07. The Morgan fingerprint density at radius 2 is 2.25 bits per heavy atom. The van der Waals surface area contributed by atoms with Crippen molar-refractivity contribution >= 4 is 17.6 Å². The van der Waals surface area contributed by atoms with Crippen LogP contribution in [0.4, 0.5) is 0 Å². The highest BCUT2D eigenvalue weighted by Gasteiger charge is 2.26. The molecule has 3 heteroatoms. The minimum absolute atomic E-state index is 0.403. The molecule has 2 rings (SSSR count). The molecule has 1 aromatic carbocycles. The first kappa shape index (κ1) is 11.5. The van der Waals surface area contributed by atoms with E-state index in [-0.39, 0.29) is 0 Å². The van der Waals surface area contributed by atoms with Crippen molar-refractivity contribution in [2.75, 3.05) is 0 Å². The molecule has 1 aliphatic rings. The molecule has 16 heavy (non-hydrogen) atoms. The van der Waals surface area contributed by atoms with Gasteiger partial charge in [0.25, 0.3) is 0 Å². The van der Waals surface area contributed by atoms with Gasteiger partial charge in [-0.3, -0.25) is 4.79 Å². The van der Waals surface area contributed by atoms with Crippen LogP contribution in [0.3, 0.4) is 0 Å². The summed E-state index contributed by atoms with van der Waals surface area (Å²) in [6.45, 7) is 0. The lowest BCUT2D eigenvalue weighted by molar-refractivity contribution is -0.139. The first-order valence-corrected chi connectivity index (χ1v) is 6.03. The highest BCUT2D eigenvalue weighted by atomic mass is 35.5. The zero-order valence-corrected chi connectivity index (χ0v) is 9.78. The van der Waals surface area contributed by atoms with Crippen molar-refractivity contribution in [3.05, 3.63) is 34.9 Å². The Labute approximate surface area is 100 Å². The summed E-state index contributed by atoms with van der Waals surface area (Å²) < 4.78 is 0. The molecule has 1 fully saturated rings. The molecule has 0 heterocycles. The average molecular weight is 239 g/mol. The Bertz CT molecular complexity index is 385. The number of hydrogen-bond donors (Lipinski definition) is 1. The minimum Gasteiger partial charge on any atom is -0.481 e. The SMILES string of the molecule is O=C(O)C(CCC1CC1)c1cccc(Cl)c1. The maximum atomic E-state index is 11.2.